The summed E-state index contributed by atoms with van der Waals surface area (Å²) in [5.74, 6) is 0.140. The molecule has 0 saturated carbocycles. The Morgan fingerprint density at radius 1 is 1.48 bits per heavy atom. The normalized spacial score (nSPS) is 11.0. The molecular formula is C13H15N5O3. The molecular weight excluding hydrogens is 274 g/mol. The lowest BCUT2D eigenvalue weighted by molar-refractivity contribution is -0.134. The van der Waals surface area contributed by atoms with Crippen LogP contribution in [-0.4, -0.2) is 45.1 Å². The molecule has 2 rings (SSSR count). The second-order valence-corrected chi connectivity index (χ2v) is 4.31. The largest absolute Gasteiger partial charge is 0.466 e. The number of rotatable bonds is 5. The van der Waals surface area contributed by atoms with E-state index >= 15 is 0 Å². The number of hydrogen-bond acceptors (Lipinski definition) is 6. The molecule has 0 spiro atoms. The van der Waals surface area contributed by atoms with Crippen molar-refractivity contribution in [1.82, 2.24) is 24.9 Å². The first-order chi connectivity index (χ1) is 10.1. The topological polar surface area (TPSA) is 98.5 Å². The summed E-state index contributed by atoms with van der Waals surface area (Å²) in [6.07, 6.45) is 6.28. The maximum absolute atomic E-state index is 11.7. The third-order valence-corrected chi connectivity index (χ3v) is 2.56. The van der Waals surface area contributed by atoms with Crippen molar-refractivity contribution in [3.05, 3.63) is 35.9 Å². The number of aryl methyl sites for hydroxylation is 1. The first-order valence-corrected chi connectivity index (χ1v) is 6.27. The number of nitrogens with one attached hydrogen (secondary N) is 1. The van der Waals surface area contributed by atoms with Gasteiger partial charge in [0.15, 0.2) is 5.82 Å². The molecule has 1 N–H and O–H groups in total. The van der Waals surface area contributed by atoms with Crippen LogP contribution in [0, 0.1) is 6.92 Å². The minimum atomic E-state index is -0.465. The van der Waals surface area contributed by atoms with Crippen LogP contribution in [0.5, 0.6) is 0 Å². The van der Waals surface area contributed by atoms with E-state index in [4.69, 9.17) is 0 Å². The molecule has 0 atom stereocenters. The molecule has 1 amide bonds. The van der Waals surface area contributed by atoms with Crippen molar-refractivity contribution in [1.29, 1.82) is 0 Å². The smallest absolute Gasteiger partial charge is 0.330 e. The van der Waals surface area contributed by atoms with Gasteiger partial charge in [0.2, 0.25) is 5.91 Å². The van der Waals surface area contributed by atoms with Crippen molar-refractivity contribution in [2.75, 3.05) is 13.7 Å². The zero-order chi connectivity index (χ0) is 15.2. The summed E-state index contributed by atoms with van der Waals surface area (Å²) in [6, 6.07) is 0. The number of carbonyl (C=O) groups excluding carboxylic acids is 2. The van der Waals surface area contributed by atoms with Crippen LogP contribution in [-0.2, 0) is 20.7 Å². The van der Waals surface area contributed by atoms with E-state index in [1.54, 1.807) is 12.4 Å². The molecule has 0 unspecified atom stereocenters. The summed E-state index contributed by atoms with van der Waals surface area (Å²) in [5, 5.41) is 6.80. The fourth-order valence-corrected chi connectivity index (χ4v) is 1.60. The molecule has 2 heterocycles. The molecule has 0 radical (unpaired) electrons. The highest BCUT2D eigenvalue weighted by Gasteiger charge is 2.09. The van der Waals surface area contributed by atoms with Crippen LogP contribution in [0.2, 0.25) is 0 Å². The van der Waals surface area contributed by atoms with E-state index in [0.717, 1.165) is 5.56 Å². The Labute approximate surface area is 120 Å². The molecule has 0 aliphatic heterocycles. The maximum Gasteiger partial charge on any atom is 0.330 e. The van der Waals surface area contributed by atoms with Crippen molar-refractivity contribution in [2.24, 2.45) is 0 Å². The van der Waals surface area contributed by atoms with Crippen molar-refractivity contribution >= 4 is 17.7 Å². The predicted octanol–water partition coefficient (Wildman–Crippen LogP) is -0.179. The quantitative estimate of drug-likeness (QED) is 0.605. The summed E-state index contributed by atoms with van der Waals surface area (Å²) in [7, 11) is 1.29. The average Bonchev–Trinajstić information content (AvgIpc) is 2.84. The van der Waals surface area contributed by atoms with Crippen LogP contribution >= 0.6 is 0 Å². The van der Waals surface area contributed by atoms with Gasteiger partial charge in [-0.25, -0.2) is 14.3 Å². The van der Waals surface area contributed by atoms with Crippen molar-refractivity contribution < 1.29 is 14.3 Å². The van der Waals surface area contributed by atoms with Gasteiger partial charge in [-0.1, -0.05) is 6.08 Å². The van der Waals surface area contributed by atoms with E-state index < -0.39 is 5.97 Å². The molecule has 2 aromatic rings. The van der Waals surface area contributed by atoms with Gasteiger partial charge in [-0.15, -0.1) is 5.10 Å². The molecule has 2 aromatic heterocycles. The molecule has 0 bridgehead atoms. The Balaban J connectivity index is 1.89. The van der Waals surface area contributed by atoms with E-state index in [2.05, 4.69) is 25.1 Å². The van der Waals surface area contributed by atoms with E-state index in [0.29, 0.717) is 11.6 Å². The SMILES string of the molecule is COC(=O)/C=C/CNC(=O)Cc1nc2ncc(C)cn2n1. The monoisotopic (exact) mass is 289 g/mol. The Morgan fingerprint density at radius 3 is 3.05 bits per heavy atom. The van der Waals surface area contributed by atoms with Gasteiger partial charge in [0.25, 0.3) is 5.78 Å². The predicted molar refractivity (Wildman–Crippen MR) is 73.4 cm³/mol. The molecule has 8 heteroatoms. The molecule has 0 saturated heterocycles. The number of methoxy groups -OCH3 is 1. The van der Waals surface area contributed by atoms with Crippen LogP contribution in [0.1, 0.15) is 11.4 Å². The van der Waals surface area contributed by atoms with Crippen LogP contribution in [0.15, 0.2) is 24.5 Å². The van der Waals surface area contributed by atoms with Gasteiger partial charge in [0, 0.05) is 25.0 Å². The van der Waals surface area contributed by atoms with E-state index in [1.165, 1.54) is 23.8 Å². The number of aromatic nitrogens is 4. The van der Waals surface area contributed by atoms with Crippen LogP contribution in [0.4, 0.5) is 0 Å². The summed E-state index contributed by atoms with van der Waals surface area (Å²) in [5.41, 5.74) is 0.955. The van der Waals surface area contributed by atoms with Crippen molar-refractivity contribution in [2.45, 2.75) is 13.3 Å². The molecule has 8 nitrogen and oxygen atoms in total. The lowest BCUT2D eigenvalue weighted by atomic mass is 10.4. The number of amides is 1. The Hall–Kier alpha value is -2.77. The molecule has 110 valence electrons. The highest BCUT2D eigenvalue weighted by Crippen LogP contribution is 2.00. The summed E-state index contributed by atoms with van der Waals surface area (Å²) in [4.78, 5) is 30.8. The first kappa shape index (κ1) is 14.6. The molecule has 0 aliphatic carbocycles. The fourth-order valence-electron chi connectivity index (χ4n) is 1.60. The van der Waals surface area contributed by atoms with Gasteiger partial charge in [0.1, 0.15) is 0 Å². The number of hydrogen-bond donors (Lipinski definition) is 1. The minimum Gasteiger partial charge on any atom is -0.466 e. The van der Waals surface area contributed by atoms with Gasteiger partial charge < -0.3 is 10.1 Å². The third-order valence-electron chi connectivity index (χ3n) is 2.56. The average molecular weight is 289 g/mol. The Morgan fingerprint density at radius 2 is 2.29 bits per heavy atom. The molecule has 21 heavy (non-hydrogen) atoms. The minimum absolute atomic E-state index is 0.0501. The number of ether oxygens (including phenoxy) is 1. The zero-order valence-electron chi connectivity index (χ0n) is 11.7. The van der Waals surface area contributed by atoms with Gasteiger partial charge in [-0.2, -0.15) is 4.98 Å². The molecule has 0 aromatic carbocycles. The van der Waals surface area contributed by atoms with E-state index in [-0.39, 0.29) is 18.9 Å². The lowest BCUT2D eigenvalue weighted by Gasteiger charge is -1.98. The first-order valence-electron chi connectivity index (χ1n) is 6.27. The van der Waals surface area contributed by atoms with Crippen molar-refractivity contribution in [3.8, 4) is 0 Å². The highest BCUT2D eigenvalue weighted by atomic mass is 16.5. The van der Waals surface area contributed by atoms with Crippen LogP contribution < -0.4 is 5.32 Å². The van der Waals surface area contributed by atoms with E-state index in [9.17, 15) is 9.59 Å². The van der Waals surface area contributed by atoms with Crippen molar-refractivity contribution in [3.63, 3.8) is 0 Å². The van der Waals surface area contributed by atoms with E-state index in [1.807, 2.05) is 6.92 Å². The third kappa shape index (κ3) is 4.10. The fraction of sp³-hybridized carbons (Fsp3) is 0.308. The maximum atomic E-state index is 11.7. The molecule has 0 aliphatic rings. The summed E-state index contributed by atoms with van der Waals surface area (Å²) >= 11 is 0. The van der Waals surface area contributed by atoms with Crippen LogP contribution in [0.3, 0.4) is 0 Å². The standard InChI is InChI=1S/C13H15N5O3/c1-9-7-15-13-16-10(17-18(13)8-9)6-11(19)14-5-3-4-12(20)21-2/h3-4,7-8H,5-6H2,1-2H3,(H,14,19)/b4-3+. The van der Waals surface area contributed by atoms with Gasteiger partial charge in [-0.05, 0) is 12.5 Å². The number of nitrogens with zero attached hydrogens (tertiary/aromatic N) is 4. The summed E-state index contributed by atoms with van der Waals surface area (Å²) in [6.45, 7) is 2.13. The second-order valence-electron chi connectivity index (χ2n) is 4.31. The number of fused-ring (bicyclic) bond motifs is 1. The van der Waals surface area contributed by atoms with Crippen LogP contribution in [0.25, 0.3) is 5.78 Å². The zero-order valence-corrected chi connectivity index (χ0v) is 11.7. The second kappa shape index (κ2) is 6.60. The number of esters is 1. The van der Waals surface area contributed by atoms with Gasteiger partial charge >= 0.3 is 5.97 Å². The summed E-state index contributed by atoms with van der Waals surface area (Å²) < 4.78 is 5.96. The Bertz CT molecular complexity index is 692. The molecule has 0 fully saturated rings. The van der Waals surface area contributed by atoms with Gasteiger partial charge in [0.05, 0.1) is 13.5 Å². The van der Waals surface area contributed by atoms with Gasteiger partial charge in [-0.3, -0.25) is 4.79 Å². The highest BCUT2D eigenvalue weighted by molar-refractivity contribution is 5.82. The number of carbonyl (C=O) groups is 2. The Kier molecular flexibility index (Phi) is 4.60. The lowest BCUT2D eigenvalue weighted by Crippen LogP contribution is -2.25.